The van der Waals surface area contributed by atoms with Gasteiger partial charge in [-0.05, 0) is 43.0 Å². The van der Waals surface area contributed by atoms with Gasteiger partial charge in [-0.2, -0.15) is 19.6 Å². The smallest absolute Gasteiger partial charge is 0.254 e. The predicted octanol–water partition coefficient (Wildman–Crippen LogP) is 1.94. The zero-order chi connectivity index (χ0) is 23.5. The Morgan fingerprint density at radius 1 is 1.24 bits per heavy atom. The lowest BCUT2D eigenvalue weighted by Gasteiger charge is -2.23. The van der Waals surface area contributed by atoms with Crippen LogP contribution in [0.3, 0.4) is 0 Å². The van der Waals surface area contributed by atoms with Gasteiger partial charge in [-0.1, -0.05) is 12.1 Å². The number of halogens is 1. The average Bonchev–Trinajstić information content (AvgIpc) is 3.36. The van der Waals surface area contributed by atoms with Crippen molar-refractivity contribution < 1.29 is 18.7 Å². The minimum atomic E-state index is -0.410. The van der Waals surface area contributed by atoms with Crippen LogP contribution in [0.5, 0.6) is 0 Å². The van der Waals surface area contributed by atoms with Crippen molar-refractivity contribution in [1.29, 1.82) is 0 Å². The molecule has 0 saturated carbocycles. The fraction of sp³-hybridized carbons (Fsp3) is 0.348. The predicted molar refractivity (Wildman–Crippen MR) is 123 cm³/mol. The van der Waals surface area contributed by atoms with E-state index in [9.17, 15) is 14.0 Å². The first-order valence-corrected chi connectivity index (χ1v) is 11.2. The molecule has 0 atom stereocenters. The van der Waals surface area contributed by atoms with Crippen LogP contribution in [-0.4, -0.2) is 57.2 Å². The first-order valence-electron chi connectivity index (χ1n) is 11.2. The maximum absolute atomic E-state index is 13.5. The van der Waals surface area contributed by atoms with Gasteiger partial charge in [0.15, 0.2) is 5.65 Å². The van der Waals surface area contributed by atoms with Crippen LogP contribution in [0.4, 0.5) is 16.3 Å². The molecule has 2 aliphatic rings. The molecule has 1 aromatic carbocycles. The highest BCUT2D eigenvalue weighted by Crippen LogP contribution is 2.22. The normalized spacial score (nSPS) is 18.0. The van der Waals surface area contributed by atoms with Crippen molar-refractivity contribution in [3.05, 3.63) is 53.0 Å². The maximum atomic E-state index is 13.5. The van der Waals surface area contributed by atoms with Crippen LogP contribution >= 0.6 is 0 Å². The second-order valence-electron chi connectivity index (χ2n) is 8.27. The average molecular weight is 465 g/mol. The molecule has 2 amide bonds. The lowest BCUT2D eigenvalue weighted by Crippen LogP contribution is -2.29. The summed E-state index contributed by atoms with van der Waals surface area (Å²) in [5, 5.41) is 13.3. The third kappa shape index (κ3) is 4.88. The van der Waals surface area contributed by atoms with E-state index in [-0.39, 0.29) is 24.2 Å². The largest absolute Gasteiger partial charge is 0.381 e. The molecule has 176 valence electrons. The minimum Gasteiger partial charge on any atom is -0.381 e. The molecule has 4 heterocycles. The maximum Gasteiger partial charge on any atom is 0.254 e. The molecule has 2 aromatic heterocycles. The van der Waals surface area contributed by atoms with Crippen LogP contribution < -0.4 is 16.0 Å². The molecule has 0 unspecified atom stereocenters. The zero-order valence-electron chi connectivity index (χ0n) is 18.4. The van der Waals surface area contributed by atoms with Crippen molar-refractivity contribution in [1.82, 2.24) is 24.9 Å². The molecule has 2 saturated heterocycles. The van der Waals surface area contributed by atoms with Gasteiger partial charge in [0, 0.05) is 36.9 Å². The van der Waals surface area contributed by atoms with Gasteiger partial charge < -0.3 is 15.4 Å². The molecule has 0 bridgehead atoms. The summed E-state index contributed by atoms with van der Waals surface area (Å²) >= 11 is 0. The Morgan fingerprint density at radius 3 is 2.85 bits per heavy atom. The summed E-state index contributed by atoms with van der Waals surface area (Å²) in [6, 6.07) is 6.64. The summed E-state index contributed by atoms with van der Waals surface area (Å²) in [4.78, 5) is 32.8. The highest BCUT2D eigenvalue weighted by atomic mass is 19.1. The van der Waals surface area contributed by atoms with Crippen LogP contribution in [0.1, 0.15) is 30.4 Å². The van der Waals surface area contributed by atoms with Crippen LogP contribution in [0, 0.1) is 5.82 Å². The number of hydrogen-bond acceptors (Lipinski definition) is 8. The molecule has 3 N–H and O–H groups in total. The van der Waals surface area contributed by atoms with Gasteiger partial charge >= 0.3 is 0 Å². The summed E-state index contributed by atoms with van der Waals surface area (Å²) in [7, 11) is 0. The molecule has 0 radical (unpaired) electrons. The van der Waals surface area contributed by atoms with Gasteiger partial charge in [0.1, 0.15) is 5.82 Å². The monoisotopic (exact) mass is 465 g/mol. The number of carbonyl (C=O) groups excluding carboxylic acids is 2. The van der Waals surface area contributed by atoms with Crippen LogP contribution in [0.2, 0.25) is 0 Å². The number of benzene rings is 1. The second-order valence-corrected chi connectivity index (χ2v) is 8.27. The number of carbonyl (C=O) groups is 2. The molecule has 0 spiro atoms. The molecular weight excluding hydrogens is 441 g/mol. The quantitative estimate of drug-likeness (QED) is 0.357. The molecule has 2 fully saturated rings. The number of anilines is 2. The Bertz CT molecular complexity index is 1270. The second kappa shape index (κ2) is 9.56. The highest BCUT2D eigenvalue weighted by Gasteiger charge is 2.25. The number of imide groups is 1. The SMILES string of the molecule is O=C1CC(=Cc2cnn3c(NCCc4cccc(F)c4)nc(NC4CCOCC4)nc23)C(=O)N1. The summed E-state index contributed by atoms with van der Waals surface area (Å²) in [5.41, 5.74) is 2.32. The van der Waals surface area contributed by atoms with Gasteiger partial charge in [0.05, 0.1) is 12.6 Å². The van der Waals surface area contributed by atoms with E-state index in [1.54, 1.807) is 22.9 Å². The van der Waals surface area contributed by atoms with Gasteiger partial charge in [0.25, 0.3) is 5.91 Å². The van der Waals surface area contributed by atoms with E-state index in [1.807, 2.05) is 6.07 Å². The van der Waals surface area contributed by atoms with Crippen molar-refractivity contribution >= 4 is 35.4 Å². The summed E-state index contributed by atoms with van der Waals surface area (Å²) in [6.07, 6.45) is 5.51. The molecule has 11 heteroatoms. The number of amides is 2. The third-order valence-corrected chi connectivity index (χ3v) is 5.76. The zero-order valence-corrected chi connectivity index (χ0v) is 18.4. The van der Waals surface area contributed by atoms with E-state index in [4.69, 9.17) is 4.74 Å². The number of hydrogen-bond donors (Lipinski definition) is 3. The number of fused-ring (bicyclic) bond motifs is 1. The van der Waals surface area contributed by atoms with Crippen molar-refractivity contribution in [2.24, 2.45) is 0 Å². The lowest BCUT2D eigenvalue weighted by molar-refractivity contribution is -0.124. The highest BCUT2D eigenvalue weighted by molar-refractivity contribution is 6.15. The minimum absolute atomic E-state index is 0.0210. The fourth-order valence-electron chi connectivity index (χ4n) is 4.02. The molecule has 10 nitrogen and oxygen atoms in total. The summed E-state index contributed by atoms with van der Waals surface area (Å²) < 4.78 is 20.5. The topological polar surface area (TPSA) is 123 Å². The van der Waals surface area contributed by atoms with E-state index >= 15 is 0 Å². The number of ether oxygens (including phenoxy) is 1. The fourth-order valence-corrected chi connectivity index (χ4v) is 4.02. The van der Waals surface area contributed by atoms with E-state index in [1.165, 1.54) is 12.1 Å². The lowest BCUT2D eigenvalue weighted by atomic mass is 10.1. The van der Waals surface area contributed by atoms with E-state index < -0.39 is 5.91 Å². The van der Waals surface area contributed by atoms with Gasteiger partial charge in [0.2, 0.25) is 17.8 Å². The Hall–Kier alpha value is -3.86. The van der Waals surface area contributed by atoms with E-state index in [0.717, 1.165) is 18.4 Å². The Labute approximate surface area is 194 Å². The molecular formula is C23H24FN7O3. The molecule has 34 heavy (non-hydrogen) atoms. The first kappa shape index (κ1) is 22.0. The van der Waals surface area contributed by atoms with E-state index in [0.29, 0.717) is 54.9 Å². The number of rotatable bonds is 7. The third-order valence-electron chi connectivity index (χ3n) is 5.76. The summed E-state index contributed by atoms with van der Waals surface area (Å²) in [6.45, 7) is 1.84. The van der Waals surface area contributed by atoms with Gasteiger partial charge in [-0.15, -0.1) is 0 Å². The number of aromatic nitrogens is 4. The van der Waals surface area contributed by atoms with Gasteiger partial charge in [-0.25, -0.2) is 4.39 Å². The number of nitrogens with one attached hydrogen (secondary N) is 3. The molecule has 3 aromatic rings. The Kier molecular flexibility index (Phi) is 6.17. The van der Waals surface area contributed by atoms with Crippen LogP contribution in [0.25, 0.3) is 11.7 Å². The standard InChI is InChI=1S/C23H24FN7O3/c24-17-3-1-2-14(10-17)4-7-25-23-30-22(27-18-5-8-34-9-6-18)29-20-16(13-26-31(20)23)11-15-12-19(32)28-21(15)33/h1-3,10-11,13,18H,4-9,12H2,(H,28,32,33)(H2,25,27,29,30). The van der Waals surface area contributed by atoms with Crippen molar-refractivity contribution in [3.8, 4) is 0 Å². The van der Waals surface area contributed by atoms with Gasteiger partial charge in [-0.3, -0.25) is 14.9 Å². The van der Waals surface area contributed by atoms with Crippen LogP contribution in [-0.2, 0) is 20.7 Å². The van der Waals surface area contributed by atoms with Crippen LogP contribution in [0.15, 0.2) is 36.0 Å². The first-order chi connectivity index (χ1) is 16.5. The Morgan fingerprint density at radius 2 is 2.09 bits per heavy atom. The molecule has 5 rings (SSSR count). The van der Waals surface area contributed by atoms with Crippen molar-refractivity contribution in [2.75, 3.05) is 30.4 Å². The summed E-state index contributed by atoms with van der Waals surface area (Å²) in [5.74, 6) is -0.118. The van der Waals surface area contributed by atoms with E-state index in [2.05, 4.69) is 31.0 Å². The molecule has 2 aliphatic heterocycles. The molecule has 0 aliphatic carbocycles. The van der Waals surface area contributed by atoms with Crippen molar-refractivity contribution in [3.63, 3.8) is 0 Å². The number of nitrogens with zero attached hydrogens (tertiary/aromatic N) is 4. The Balaban J connectivity index is 1.44. The van der Waals surface area contributed by atoms with Crippen molar-refractivity contribution in [2.45, 2.75) is 31.7 Å².